The summed E-state index contributed by atoms with van der Waals surface area (Å²) in [4.78, 5) is 24.5. The molecular formula is C22H22O13. The van der Waals surface area contributed by atoms with E-state index in [1.54, 1.807) is 0 Å². The molecule has 1 aliphatic rings. The van der Waals surface area contributed by atoms with E-state index in [-0.39, 0.29) is 5.75 Å². The molecule has 0 aromatic heterocycles. The summed E-state index contributed by atoms with van der Waals surface area (Å²) < 4.78 is 15.3. The summed E-state index contributed by atoms with van der Waals surface area (Å²) in [5.41, 5.74) is -0.0935. The number of phenolic OH excluding ortho intramolecular Hbond substituents is 5. The Kier molecular flexibility index (Phi) is 7.66. The molecule has 13 nitrogen and oxygen atoms in total. The SMILES string of the molecule is O=C(C=Cc1ccc(O)c(O)c1)OC1OC(CO)C(OC(=O)c2cc(O)c(O)c(O)c2)C(O)C1O. The van der Waals surface area contributed by atoms with E-state index >= 15 is 0 Å². The van der Waals surface area contributed by atoms with E-state index in [2.05, 4.69) is 0 Å². The van der Waals surface area contributed by atoms with Crippen LogP contribution in [0.1, 0.15) is 15.9 Å². The van der Waals surface area contributed by atoms with E-state index in [1.807, 2.05) is 0 Å². The molecular weight excluding hydrogens is 472 g/mol. The number of rotatable bonds is 6. The topological polar surface area (TPSA) is 224 Å². The van der Waals surface area contributed by atoms with Gasteiger partial charge in [-0.25, -0.2) is 9.59 Å². The second kappa shape index (κ2) is 10.5. The van der Waals surface area contributed by atoms with Gasteiger partial charge in [0, 0.05) is 6.08 Å². The highest BCUT2D eigenvalue weighted by Gasteiger charge is 2.48. The van der Waals surface area contributed by atoms with Crippen molar-refractivity contribution in [2.75, 3.05) is 6.61 Å². The van der Waals surface area contributed by atoms with Crippen LogP contribution in [0, 0.1) is 0 Å². The van der Waals surface area contributed by atoms with Gasteiger partial charge in [-0.15, -0.1) is 0 Å². The van der Waals surface area contributed by atoms with Crippen molar-refractivity contribution >= 4 is 18.0 Å². The van der Waals surface area contributed by atoms with Crippen LogP contribution in [0.2, 0.25) is 0 Å². The van der Waals surface area contributed by atoms with Crippen molar-refractivity contribution < 1.29 is 64.7 Å². The van der Waals surface area contributed by atoms with Gasteiger partial charge in [-0.2, -0.15) is 0 Å². The quantitative estimate of drug-likeness (QED) is 0.143. The van der Waals surface area contributed by atoms with Crippen molar-refractivity contribution in [2.45, 2.75) is 30.7 Å². The third kappa shape index (κ3) is 5.73. The Morgan fingerprint density at radius 1 is 0.886 bits per heavy atom. The molecule has 0 amide bonds. The monoisotopic (exact) mass is 494 g/mol. The number of ether oxygens (including phenoxy) is 3. The van der Waals surface area contributed by atoms with Crippen LogP contribution in [0.25, 0.3) is 6.08 Å². The van der Waals surface area contributed by atoms with Gasteiger partial charge in [-0.3, -0.25) is 0 Å². The predicted octanol–water partition coefficient (Wildman–Crippen LogP) is -0.564. The maximum absolute atomic E-state index is 12.4. The van der Waals surface area contributed by atoms with E-state index in [1.165, 1.54) is 24.3 Å². The molecule has 1 aliphatic heterocycles. The molecule has 0 saturated carbocycles. The lowest BCUT2D eigenvalue weighted by Gasteiger charge is -2.40. The third-order valence-electron chi connectivity index (χ3n) is 5.01. The highest BCUT2D eigenvalue weighted by atomic mass is 16.7. The average molecular weight is 494 g/mol. The summed E-state index contributed by atoms with van der Waals surface area (Å²) in [6.07, 6.45) is -6.52. The van der Waals surface area contributed by atoms with Crippen molar-refractivity contribution in [2.24, 2.45) is 0 Å². The number of hydrogen-bond donors (Lipinski definition) is 8. The fourth-order valence-electron chi connectivity index (χ4n) is 3.17. The van der Waals surface area contributed by atoms with E-state index < -0.39 is 77.8 Å². The van der Waals surface area contributed by atoms with Crippen LogP contribution >= 0.6 is 0 Å². The molecule has 13 heteroatoms. The number of hydrogen-bond acceptors (Lipinski definition) is 13. The van der Waals surface area contributed by atoms with Gasteiger partial charge in [0.2, 0.25) is 6.29 Å². The lowest BCUT2D eigenvalue weighted by Crippen LogP contribution is -2.60. The van der Waals surface area contributed by atoms with Gasteiger partial charge in [-0.05, 0) is 35.9 Å². The van der Waals surface area contributed by atoms with Crippen molar-refractivity contribution in [3.8, 4) is 28.7 Å². The minimum absolute atomic E-state index is 0.328. The van der Waals surface area contributed by atoms with Gasteiger partial charge in [0.05, 0.1) is 12.2 Å². The van der Waals surface area contributed by atoms with Crippen molar-refractivity contribution in [3.63, 3.8) is 0 Å². The first-order chi connectivity index (χ1) is 16.5. The van der Waals surface area contributed by atoms with Gasteiger partial charge < -0.3 is 55.1 Å². The molecule has 1 saturated heterocycles. The smallest absolute Gasteiger partial charge is 0.338 e. The molecule has 8 N–H and O–H groups in total. The molecule has 188 valence electrons. The van der Waals surface area contributed by atoms with Crippen LogP contribution in [0.4, 0.5) is 0 Å². The van der Waals surface area contributed by atoms with Gasteiger partial charge in [0.15, 0.2) is 34.9 Å². The van der Waals surface area contributed by atoms with Crippen LogP contribution < -0.4 is 0 Å². The first kappa shape index (κ1) is 25.6. The zero-order valence-corrected chi connectivity index (χ0v) is 17.8. The van der Waals surface area contributed by atoms with Crippen LogP contribution in [0.5, 0.6) is 28.7 Å². The first-order valence-corrected chi connectivity index (χ1v) is 10.0. The summed E-state index contributed by atoms with van der Waals surface area (Å²) in [6, 6.07) is 5.32. The van der Waals surface area contributed by atoms with Crippen molar-refractivity contribution in [3.05, 3.63) is 47.5 Å². The van der Waals surface area contributed by atoms with Crippen LogP contribution in [0.3, 0.4) is 0 Å². The molecule has 0 radical (unpaired) electrons. The Balaban J connectivity index is 1.67. The van der Waals surface area contributed by atoms with Gasteiger partial charge in [-0.1, -0.05) is 6.07 Å². The van der Waals surface area contributed by atoms with E-state index in [0.29, 0.717) is 5.56 Å². The number of esters is 2. The third-order valence-corrected chi connectivity index (χ3v) is 5.01. The molecule has 0 bridgehead atoms. The van der Waals surface area contributed by atoms with E-state index in [0.717, 1.165) is 18.2 Å². The lowest BCUT2D eigenvalue weighted by molar-refractivity contribution is -0.290. The maximum Gasteiger partial charge on any atom is 0.338 e. The summed E-state index contributed by atoms with van der Waals surface area (Å²) in [7, 11) is 0. The Bertz CT molecular complexity index is 1100. The van der Waals surface area contributed by atoms with Gasteiger partial charge >= 0.3 is 11.9 Å². The number of aromatic hydroxyl groups is 5. The maximum atomic E-state index is 12.4. The zero-order chi connectivity index (χ0) is 25.9. The largest absolute Gasteiger partial charge is 0.504 e. The Hall–Kier alpha value is -4.04. The minimum atomic E-state index is -1.91. The summed E-state index contributed by atoms with van der Waals surface area (Å²) >= 11 is 0. The fraction of sp³-hybridized carbons (Fsp3) is 0.273. The van der Waals surface area contributed by atoms with E-state index in [4.69, 9.17) is 14.2 Å². The number of phenols is 5. The Morgan fingerprint density at radius 2 is 1.54 bits per heavy atom. The average Bonchev–Trinajstić information content (AvgIpc) is 2.82. The van der Waals surface area contributed by atoms with Crippen molar-refractivity contribution in [1.82, 2.24) is 0 Å². The molecule has 5 atom stereocenters. The lowest BCUT2D eigenvalue weighted by atomic mass is 9.99. The number of carbonyl (C=O) groups excluding carboxylic acids is 2. The summed E-state index contributed by atoms with van der Waals surface area (Å²) in [6.45, 7) is -0.829. The standard InChI is InChI=1S/C22H22O13/c23-8-15-20(35-21(32)10-6-13(26)17(29)14(27)7-10)18(30)19(31)22(33-15)34-16(28)4-2-9-1-3-11(24)12(25)5-9/h1-7,15,18-20,22-27,29-31H,8H2. The van der Waals surface area contributed by atoms with Gasteiger partial charge in [0.25, 0.3) is 0 Å². The van der Waals surface area contributed by atoms with Crippen LogP contribution in [0.15, 0.2) is 36.4 Å². The second-order valence-corrected chi connectivity index (χ2v) is 7.46. The molecule has 2 aromatic rings. The highest BCUT2D eigenvalue weighted by Crippen LogP contribution is 2.36. The molecule has 0 aliphatic carbocycles. The minimum Gasteiger partial charge on any atom is -0.504 e. The normalized spacial score (nSPS) is 24.3. The number of carbonyl (C=O) groups is 2. The second-order valence-electron chi connectivity index (χ2n) is 7.46. The summed E-state index contributed by atoms with van der Waals surface area (Å²) in [5.74, 6) is -5.52. The number of aliphatic hydroxyl groups is 3. The van der Waals surface area contributed by atoms with Crippen molar-refractivity contribution in [1.29, 1.82) is 0 Å². The first-order valence-electron chi connectivity index (χ1n) is 10.0. The number of benzene rings is 2. The molecule has 2 aromatic carbocycles. The Morgan fingerprint density at radius 3 is 2.14 bits per heavy atom. The fourth-order valence-corrected chi connectivity index (χ4v) is 3.17. The Labute approximate surface area is 196 Å². The molecule has 5 unspecified atom stereocenters. The molecule has 1 fully saturated rings. The predicted molar refractivity (Wildman–Crippen MR) is 113 cm³/mol. The van der Waals surface area contributed by atoms with Crippen LogP contribution in [-0.2, 0) is 19.0 Å². The number of aliphatic hydroxyl groups excluding tert-OH is 3. The summed E-state index contributed by atoms with van der Waals surface area (Å²) in [5, 5.41) is 77.5. The van der Waals surface area contributed by atoms with E-state index in [9.17, 15) is 50.4 Å². The highest BCUT2D eigenvalue weighted by molar-refractivity contribution is 5.91. The van der Waals surface area contributed by atoms with Crippen LogP contribution in [-0.4, -0.2) is 90.1 Å². The zero-order valence-electron chi connectivity index (χ0n) is 17.8. The molecule has 35 heavy (non-hydrogen) atoms. The van der Waals surface area contributed by atoms with Gasteiger partial charge in [0.1, 0.15) is 18.3 Å². The molecule has 0 spiro atoms. The molecule has 3 rings (SSSR count). The molecule has 1 heterocycles.